The van der Waals surface area contributed by atoms with E-state index in [1.807, 2.05) is 0 Å². The molecule has 1 heteroatoms. The highest BCUT2D eigenvalue weighted by molar-refractivity contribution is 5.51. The second-order valence-corrected chi connectivity index (χ2v) is 3.51. The van der Waals surface area contributed by atoms with E-state index in [4.69, 9.17) is 0 Å². The first kappa shape index (κ1) is 9.97. The van der Waals surface area contributed by atoms with Crippen molar-refractivity contribution in [3.63, 3.8) is 0 Å². The van der Waals surface area contributed by atoms with Crippen LogP contribution >= 0.6 is 0 Å². The molecule has 1 nitrogen and oxygen atoms in total. The molecule has 0 atom stereocenters. The molecule has 0 aliphatic rings. The second-order valence-electron chi connectivity index (χ2n) is 3.51. The Bertz CT molecular complexity index is 313. The van der Waals surface area contributed by atoms with Crippen LogP contribution in [0.1, 0.15) is 28.7 Å². The maximum atomic E-state index is 10.3. The standard InChI is InChI=1S/C12H16O/c1-9-6-7-10(2)12(11(9)3)5-4-8-13/h6-8H,4-5H2,1-3H3. The van der Waals surface area contributed by atoms with E-state index < -0.39 is 0 Å². The number of carbonyl (C=O) groups excluding carboxylic acids is 1. The van der Waals surface area contributed by atoms with Gasteiger partial charge >= 0.3 is 0 Å². The van der Waals surface area contributed by atoms with Gasteiger partial charge in [-0.2, -0.15) is 0 Å². The van der Waals surface area contributed by atoms with Crippen molar-refractivity contribution in [3.8, 4) is 0 Å². The quantitative estimate of drug-likeness (QED) is 0.647. The van der Waals surface area contributed by atoms with Crippen molar-refractivity contribution in [1.29, 1.82) is 0 Å². The molecule has 1 rings (SSSR count). The molecule has 1 aromatic rings. The highest BCUT2D eigenvalue weighted by atomic mass is 16.1. The van der Waals surface area contributed by atoms with E-state index in [9.17, 15) is 4.79 Å². The van der Waals surface area contributed by atoms with Gasteiger partial charge in [0.1, 0.15) is 6.29 Å². The molecule has 0 amide bonds. The number of hydrogen-bond acceptors (Lipinski definition) is 1. The third kappa shape index (κ3) is 2.18. The van der Waals surface area contributed by atoms with Crippen molar-refractivity contribution in [1.82, 2.24) is 0 Å². The lowest BCUT2D eigenvalue weighted by Crippen LogP contribution is -1.96. The first-order valence-electron chi connectivity index (χ1n) is 4.66. The average molecular weight is 176 g/mol. The van der Waals surface area contributed by atoms with Crippen LogP contribution in [0.5, 0.6) is 0 Å². The molecule has 0 saturated carbocycles. The molecule has 13 heavy (non-hydrogen) atoms. The summed E-state index contributed by atoms with van der Waals surface area (Å²) in [7, 11) is 0. The van der Waals surface area contributed by atoms with Crippen molar-refractivity contribution < 1.29 is 4.79 Å². The summed E-state index contributed by atoms with van der Waals surface area (Å²) in [5, 5.41) is 0. The molecule has 0 heterocycles. The fraction of sp³-hybridized carbons (Fsp3) is 0.417. The van der Waals surface area contributed by atoms with E-state index in [0.29, 0.717) is 6.42 Å². The highest BCUT2D eigenvalue weighted by Gasteiger charge is 2.03. The molecule has 0 N–H and O–H groups in total. The molecule has 70 valence electrons. The van der Waals surface area contributed by atoms with Crippen LogP contribution in [0.4, 0.5) is 0 Å². The van der Waals surface area contributed by atoms with E-state index in [0.717, 1.165) is 12.7 Å². The summed E-state index contributed by atoms with van der Waals surface area (Å²) in [6.07, 6.45) is 2.50. The van der Waals surface area contributed by atoms with Gasteiger partial charge in [-0.3, -0.25) is 0 Å². The average Bonchev–Trinajstić information content (AvgIpc) is 2.12. The summed E-state index contributed by atoms with van der Waals surface area (Å²) in [5.41, 5.74) is 5.28. The van der Waals surface area contributed by atoms with Crippen LogP contribution in [0.2, 0.25) is 0 Å². The lowest BCUT2D eigenvalue weighted by molar-refractivity contribution is -0.107. The number of benzene rings is 1. The predicted octanol–water partition coefficient (Wildman–Crippen LogP) is 2.74. The Morgan fingerprint density at radius 1 is 1.15 bits per heavy atom. The summed E-state index contributed by atoms with van der Waals surface area (Å²) in [5.74, 6) is 0. The predicted molar refractivity (Wildman–Crippen MR) is 55.0 cm³/mol. The summed E-state index contributed by atoms with van der Waals surface area (Å²) in [6.45, 7) is 6.34. The maximum Gasteiger partial charge on any atom is 0.120 e. The van der Waals surface area contributed by atoms with Crippen LogP contribution in [-0.2, 0) is 11.2 Å². The molecule has 0 saturated heterocycles. The van der Waals surface area contributed by atoms with E-state index >= 15 is 0 Å². The molecule has 0 aliphatic heterocycles. The van der Waals surface area contributed by atoms with Crippen LogP contribution in [0.25, 0.3) is 0 Å². The highest BCUT2D eigenvalue weighted by Crippen LogP contribution is 2.18. The van der Waals surface area contributed by atoms with Crippen LogP contribution < -0.4 is 0 Å². The smallest absolute Gasteiger partial charge is 0.120 e. The fourth-order valence-corrected chi connectivity index (χ4v) is 1.60. The van der Waals surface area contributed by atoms with Crippen molar-refractivity contribution in [2.75, 3.05) is 0 Å². The molecule has 0 spiro atoms. The van der Waals surface area contributed by atoms with Gasteiger partial charge in [0.25, 0.3) is 0 Å². The van der Waals surface area contributed by atoms with Crippen LogP contribution in [0, 0.1) is 20.8 Å². The van der Waals surface area contributed by atoms with Crippen molar-refractivity contribution in [2.45, 2.75) is 33.6 Å². The molecule has 1 aromatic carbocycles. The molecular weight excluding hydrogens is 160 g/mol. The minimum Gasteiger partial charge on any atom is -0.303 e. The van der Waals surface area contributed by atoms with Gasteiger partial charge in [-0.1, -0.05) is 12.1 Å². The zero-order valence-electron chi connectivity index (χ0n) is 8.55. The Balaban J connectivity index is 3.02. The first-order valence-corrected chi connectivity index (χ1v) is 4.66. The van der Waals surface area contributed by atoms with Gasteiger partial charge in [-0.25, -0.2) is 0 Å². The molecular formula is C12H16O. The Labute approximate surface area is 79.8 Å². The first-order chi connectivity index (χ1) is 6.16. The number of aldehydes is 1. The zero-order chi connectivity index (χ0) is 9.84. The lowest BCUT2D eigenvalue weighted by Gasteiger charge is -2.10. The Morgan fingerprint density at radius 2 is 1.77 bits per heavy atom. The minimum absolute atomic E-state index is 0.630. The van der Waals surface area contributed by atoms with Crippen molar-refractivity contribution in [2.24, 2.45) is 0 Å². The third-order valence-corrected chi connectivity index (χ3v) is 2.62. The van der Waals surface area contributed by atoms with E-state index in [1.165, 1.54) is 22.3 Å². The molecule has 0 bridgehead atoms. The summed E-state index contributed by atoms with van der Waals surface area (Å²) in [6, 6.07) is 4.26. The van der Waals surface area contributed by atoms with Crippen LogP contribution in [0.15, 0.2) is 12.1 Å². The number of rotatable bonds is 3. The van der Waals surface area contributed by atoms with Gasteiger partial charge < -0.3 is 4.79 Å². The van der Waals surface area contributed by atoms with Gasteiger partial charge in [-0.15, -0.1) is 0 Å². The zero-order valence-corrected chi connectivity index (χ0v) is 8.55. The van der Waals surface area contributed by atoms with Crippen LogP contribution in [0.3, 0.4) is 0 Å². The number of carbonyl (C=O) groups is 1. The summed E-state index contributed by atoms with van der Waals surface area (Å²) < 4.78 is 0. The number of aryl methyl sites for hydroxylation is 2. The van der Waals surface area contributed by atoms with Gasteiger partial charge in [0.05, 0.1) is 0 Å². The van der Waals surface area contributed by atoms with E-state index in [1.54, 1.807) is 0 Å². The normalized spacial score (nSPS) is 10.1. The van der Waals surface area contributed by atoms with Crippen molar-refractivity contribution >= 4 is 6.29 Å². The maximum absolute atomic E-state index is 10.3. The van der Waals surface area contributed by atoms with E-state index in [-0.39, 0.29) is 0 Å². The Kier molecular flexibility index (Phi) is 3.24. The van der Waals surface area contributed by atoms with Gasteiger partial charge in [-0.05, 0) is 49.4 Å². The Hall–Kier alpha value is -1.11. The monoisotopic (exact) mass is 176 g/mol. The lowest BCUT2D eigenvalue weighted by atomic mass is 9.95. The summed E-state index contributed by atoms with van der Waals surface area (Å²) >= 11 is 0. The topological polar surface area (TPSA) is 17.1 Å². The van der Waals surface area contributed by atoms with Crippen molar-refractivity contribution in [3.05, 3.63) is 34.4 Å². The third-order valence-electron chi connectivity index (χ3n) is 2.62. The number of hydrogen-bond donors (Lipinski definition) is 0. The van der Waals surface area contributed by atoms with Gasteiger partial charge in [0, 0.05) is 6.42 Å². The molecule has 0 aliphatic carbocycles. The minimum atomic E-state index is 0.630. The Morgan fingerprint density at radius 3 is 2.38 bits per heavy atom. The van der Waals surface area contributed by atoms with Gasteiger partial charge in [0.15, 0.2) is 0 Å². The van der Waals surface area contributed by atoms with Crippen LogP contribution in [-0.4, -0.2) is 6.29 Å². The molecule has 0 aromatic heterocycles. The fourth-order valence-electron chi connectivity index (χ4n) is 1.60. The molecule has 0 fully saturated rings. The SMILES string of the molecule is Cc1ccc(C)c(CCC=O)c1C. The second kappa shape index (κ2) is 4.22. The van der Waals surface area contributed by atoms with Gasteiger partial charge in [0.2, 0.25) is 0 Å². The largest absolute Gasteiger partial charge is 0.303 e. The van der Waals surface area contributed by atoms with E-state index in [2.05, 4.69) is 32.9 Å². The molecule has 0 radical (unpaired) electrons. The summed E-state index contributed by atoms with van der Waals surface area (Å²) in [4.78, 5) is 10.3. The molecule has 0 unspecified atom stereocenters.